The second-order valence-electron chi connectivity index (χ2n) is 14.8. The van der Waals surface area contributed by atoms with Crippen LogP contribution in [0.4, 0.5) is 13.2 Å². The topological polar surface area (TPSA) is 111 Å². The summed E-state index contributed by atoms with van der Waals surface area (Å²) in [4.78, 5) is 27.3. The van der Waals surface area contributed by atoms with E-state index in [0.29, 0.717) is 63.0 Å². The van der Waals surface area contributed by atoms with Crippen LogP contribution in [0.2, 0.25) is 0 Å². The number of fused-ring (bicyclic) bond motifs is 6. The summed E-state index contributed by atoms with van der Waals surface area (Å²) in [5, 5.41) is 15.1. The summed E-state index contributed by atoms with van der Waals surface area (Å²) in [5.41, 5.74) is 5.96. The zero-order valence-corrected chi connectivity index (χ0v) is 32.7. The average Bonchev–Trinajstić information content (AvgIpc) is 3.74. The van der Waals surface area contributed by atoms with Crippen LogP contribution in [-0.4, -0.2) is 39.0 Å². The summed E-state index contributed by atoms with van der Waals surface area (Å²) in [7, 11) is 0. The van der Waals surface area contributed by atoms with Crippen LogP contribution in [0.25, 0.3) is 88.9 Å². The molecular weight excluding hydrogens is 760 g/mol. The van der Waals surface area contributed by atoms with E-state index in [-0.39, 0.29) is 0 Å². The van der Waals surface area contributed by atoms with Crippen LogP contribution in [0, 0.1) is 39.0 Å². The van der Waals surface area contributed by atoms with E-state index in [1.165, 1.54) is 6.07 Å². The van der Waals surface area contributed by atoms with Crippen molar-refractivity contribution in [2.24, 2.45) is 0 Å². The molecule has 9 nitrogen and oxygen atoms in total. The highest BCUT2D eigenvalue weighted by Crippen LogP contribution is 2.42. The number of alkyl halides is 3. The first-order valence-electron chi connectivity index (χ1n) is 19.2. The third kappa shape index (κ3) is 6.02. The smallest absolute Gasteiger partial charge is 0.308 e. The van der Waals surface area contributed by atoms with Gasteiger partial charge in [-0.2, -0.15) is 18.4 Å². The molecule has 0 radical (unpaired) electrons. The molecule has 0 fully saturated rings. The summed E-state index contributed by atoms with van der Waals surface area (Å²) < 4.78 is 46.9. The molecule has 0 bridgehead atoms. The Morgan fingerprint density at radius 2 is 0.900 bits per heavy atom. The number of nitriles is 1. The lowest BCUT2D eigenvalue weighted by atomic mass is 9.98. The zero-order chi connectivity index (χ0) is 41.4. The predicted octanol–water partition coefficient (Wildman–Crippen LogP) is 11.4. The number of para-hydroxylation sites is 2. The lowest BCUT2D eigenvalue weighted by Crippen LogP contribution is -2.06. The van der Waals surface area contributed by atoms with Gasteiger partial charge >= 0.3 is 6.18 Å². The molecular formula is C48H32F3N9. The Kier molecular flexibility index (Phi) is 8.33. The maximum Gasteiger partial charge on any atom is 0.416 e. The van der Waals surface area contributed by atoms with E-state index in [4.69, 9.17) is 0 Å². The lowest BCUT2D eigenvalue weighted by molar-refractivity contribution is -0.137. The van der Waals surface area contributed by atoms with Crippen LogP contribution < -0.4 is 0 Å². The molecule has 0 saturated carbocycles. The van der Waals surface area contributed by atoms with Gasteiger partial charge in [0.2, 0.25) is 0 Å². The van der Waals surface area contributed by atoms with Gasteiger partial charge in [-0.1, -0.05) is 72.8 Å². The molecule has 0 aliphatic carbocycles. The lowest BCUT2D eigenvalue weighted by Gasteiger charge is -2.19. The zero-order valence-electron chi connectivity index (χ0n) is 32.7. The van der Waals surface area contributed by atoms with E-state index in [1.54, 1.807) is 6.07 Å². The minimum absolute atomic E-state index is 0.311. The molecule has 10 rings (SSSR count). The quantitative estimate of drug-likeness (QED) is 0.171. The van der Waals surface area contributed by atoms with Crippen LogP contribution in [0.15, 0.2) is 121 Å². The van der Waals surface area contributed by atoms with Crippen LogP contribution in [0.3, 0.4) is 0 Å². The minimum Gasteiger partial charge on any atom is -0.308 e. The summed E-state index contributed by atoms with van der Waals surface area (Å²) >= 11 is 0. The second kappa shape index (κ2) is 13.7. The van der Waals surface area contributed by atoms with Crippen LogP contribution in [-0.2, 0) is 6.18 Å². The number of aromatic nitrogens is 8. The number of nitrogens with zero attached hydrogens (tertiary/aromatic N) is 9. The molecule has 0 amide bonds. The van der Waals surface area contributed by atoms with Crippen LogP contribution in [0.5, 0.6) is 0 Å². The number of aryl methyl sites for hydroxylation is 4. The second-order valence-corrected chi connectivity index (χ2v) is 14.8. The first-order chi connectivity index (χ1) is 28.9. The number of halogens is 3. The number of hydrogen-bond acceptors (Lipinski definition) is 7. The third-order valence-electron chi connectivity index (χ3n) is 10.8. The standard InChI is InChI=1S/C48H32F3N9/c1-26-53-27(2)56-46(55-26)31-16-18-37-35-12-5-7-14-40(35)59(42(37)21-31)44-23-33(30-10-9-11-34(20-30)48(49,50)51)24-45(39(44)25-52)60-41-15-8-6-13-36(41)38-19-17-32(22-43(38)60)47-57-28(3)54-29(4)58-47/h5-24H,1-4H3. The Balaban J connectivity index is 1.34. The summed E-state index contributed by atoms with van der Waals surface area (Å²) in [6.45, 7) is 7.27. The van der Waals surface area contributed by atoms with Crippen molar-refractivity contribution in [2.75, 3.05) is 0 Å². The molecule has 10 aromatic rings. The Morgan fingerprint density at radius 1 is 0.450 bits per heavy atom. The highest BCUT2D eigenvalue weighted by atomic mass is 19.4. The van der Waals surface area contributed by atoms with Gasteiger partial charge in [0, 0.05) is 32.7 Å². The third-order valence-corrected chi connectivity index (χ3v) is 10.8. The van der Waals surface area contributed by atoms with E-state index >= 15 is 0 Å². The van der Waals surface area contributed by atoms with Gasteiger partial charge in [0.25, 0.3) is 0 Å². The number of hydrogen-bond donors (Lipinski definition) is 0. The molecule has 0 atom stereocenters. The maximum atomic E-state index is 14.3. The van der Waals surface area contributed by atoms with Gasteiger partial charge in [-0.15, -0.1) is 0 Å². The fourth-order valence-electron chi connectivity index (χ4n) is 8.35. The molecule has 4 aromatic heterocycles. The van der Waals surface area contributed by atoms with Crippen molar-refractivity contribution in [1.29, 1.82) is 5.26 Å². The molecule has 12 heteroatoms. The van der Waals surface area contributed by atoms with Gasteiger partial charge in [0.15, 0.2) is 11.6 Å². The predicted molar refractivity (Wildman–Crippen MR) is 227 cm³/mol. The summed E-state index contributed by atoms with van der Waals surface area (Å²) in [6, 6.07) is 39.2. The minimum atomic E-state index is -4.57. The van der Waals surface area contributed by atoms with Gasteiger partial charge in [-0.3, -0.25) is 0 Å². The largest absolute Gasteiger partial charge is 0.416 e. The highest BCUT2D eigenvalue weighted by Gasteiger charge is 2.31. The molecule has 0 aliphatic rings. The first-order valence-corrected chi connectivity index (χ1v) is 19.2. The molecule has 0 unspecified atom stereocenters. The molecule has 290 valence electrons. The highest BCUT2D eigenvalue weighted by molar-refractivity contribution is 6.12. The molecule has 0 aliphatic heterocycles. The normalized spacial score (nSPS) is 11.9. The summed E-state index contributed by atoms with van der Waals surface area (Å²) in [5.74, 6) is 3.33. The van der Waals surface area contributed by atoms with E-state index in [1.807, 2.05) is 134 Å². The van der Waals surface area contributed by atoms with Gasteiger partial charge in [0.05, 0.1) is 39.0 Å². The Labute approximate surface area is 341 Å². The molecule has 0 spiro atoms. The SMILES string of the molecule is Cc1nc(C)nc(-c2ccc3c4ccccc4n(-c4cc(-c5cccc(C(F)(F)F)c5)cc(-n5c6ccccc6c6ccc(-c7nc(C)nc(C)n7)cc65)c4C#N)c3c2)n1. The summed E-state index contributed by atoms with van der Waals surface area (Å²) in [6.07, 6.45) is -4.57. The van der Waals surface area contributed by atoms with E-state index in [0.717, 1.165) is 66.9 Å². The Morgan fingerprint density at radius 3 is 1.35 bits per heavy atom. The molecule has 0 N–H and O–H groups in total. The monoisotopic (exact) mass is 791 g/mol. The van der Waals surface area contributed by atoms with Crippen molar-refractivity contribution >= 4 is 43.6 Å². The van der Waals surface area contributed by atoms with Gasteiger partial charge in [-0.25, -0.2) is 29.9 Å². The average molecular weight is 792 g/mol. The van der Waals surface area contributed by atoms with Crippen molar-refractivity contribution in [1.82, 2.24) is 39.0 Å². The van der Waals surface area contributed by atoms with E-state index < -0.39 is 11.7 Å². The maximum absolute atomic E-state index is 14.3. The van der Waals surface area contributed by atoms with Gasteiger partial charge < -0.3 is 9.13 Å². The van der Waals surface area contributed by atoms with Gasteiger partial charge in [-0.05, 0) is 87.4 Å². The van der Waals surface area contributed by atoms with Crippen LogP contribution >= 0.6 is 0 Å². The van der Waals surface area contributed by atoms with Crippen molar-refractivity contribution in [3.63, 3.8) is 0 Å². The first kappa shape index (κ1) is 36.6. The molecule has 6 aromatic carbocycles. The fourth-order valence-corrected chi connectivity index (χ4v) is 8.35. The van der Waals surface area contributed by atoms with Crippen molar-refractivity contribution in [3.05, 3.63) is 156 Å². The molecule has 60 heavy (non-hydrogen) atoms. The number of rotatable bonds is 5. The fraction of sp³-hybridized carbons (Fsp3) is 0.104. The Bertz CT molecular complexity index is 3220. The van der Waals surface area contributed by atoms with E-state index in [2.05, 4.69) is 36.0 Å². The molecule has 0 saturated heterocycles. The van der Waals surface area contributed by atoms with Crippen LogP contribution in [0.1, 0.15) is 34.4 Å². The number of benzene rings is 6. The van der Waals surface area contributed by atoms with Crippen molar-refractivity contribution in [2.45, 2.75) is 33.9 Å². The van der Waals surface area contributed by atoms with E-state index in [9.17, 15) is 18.4 Å². The van der Waals surface area contributed by atoms with Gasteiger partial charge in [0.1, 0.15) is 34.9 Å². The van der Waals surface area contributed by atoms with Crippen molar-refractivity contribution < 1.29 is 13.2 Å². The molecule has 4 heterocycles. The van der Waals surface area contributed by atoms with Crippen molar-refractivity contribution in [3.8, 4) is 51.3 Å². The Hall–Kier alpha value is -7.78.